The van der Waals surface area contributed by atoms with E-state index in [1.54, 1.807) is 6.92 Å². The smallest absolute Gasteiger partial charge is 0.327 e. The minimum Gasteiger partial charge on any atom is -0.465 e. The van der Waals surface area contributed by atoms with Crippen LogP contribution in [0.4, 0.5) is 0 Å². The molecule has 0 amide bonds. The van der Waals surface area contributed by atoms with Crippen molar-refractivity contribution in [3.8, 4) is 0 Å². The summed E-state index contributed by atoms with van der Waals surface area (Å²) in [4.78, 5) is 30.7. The lowest BCUT2D eigenvalue weighted by molar-refractivity contribution is -0.144. The summed E-state index contributed by atoms with van der Waals surface area (Å²) in [6, 6.07) is 14.2. The second-order valence-electron chi connectivity index (χ2n) is 9.41. The van der Waals surface area contributed by atoms with Crippen molar-refractivity contribution in [3.63, 3.8) is 0 Å². The van der Waals surface area contributed by atoms with Crippen LogP contribution in [0.25, 0.3) is 10.9 Å². The van der Waals surface area contributed by atoms with Gasteiger partial charge in [-0.25, -0.2) is 4.68 Å². The summed E-state index contributed by atoms with van der Waals surface area (Å²) in [6.07, 6.45) is 0.679. The molecule has 1 atom stereocenters. The molecule has 0 bridgehead atoms. The molecular weight excluding hydrogens is 468 g/mol. The van der Waals surface area contributed by atoms with Crippen LogP contribution in [0.5, 0.6) is 0 Å². The first-order valence-electron chi connectivity index (χ1n) is 12.6. The van der Waals surface area contributed by atoms with Gasteiger partial charge in [0, 0.05) is 18.7 Å². The molecule has 2 aromatic carbocycles. The van der Waals surface area contributed by atoms with Gasteiger partial charge in [-0.15, -0.1) is 5.10 Å². The first-order valence-corrected chi connectivity index (χ1v) is 12.6. The maximum Gasteiger partial charge on any atom is 0.327 e. The molecule has 4 aromatic rings. The quantitative estimate of drug-likeness (QED) is 0.325. The molecule has 0 saturated heterocycles. The van der Waals surface area contributed by atoms with Gasteiger partial charge in [0.25, 0.3) is 5.56 Å². The largest absolute Gasteiger partial charge is 0.465 e. The molecule has 194 valence electrons. The lowest BCUT2D eigenvalue weighted by Gasteiger charge is -2.30. The number of carbonyl (C=O) groups excluding carboxylic acids is 1. The number of aromatic amines is 1. The van der Waals surface area contributed by atoms with Gasteiger partial charge in [-0.2, -0.15) is 0 Å². The number of hydrogen-bond acceptors (Lipinski definition) is 7. The predicted molar refractivity (Wildman–Crippen MR) is 142 cm³/mol. The van der Waals surface area contributed by atoms with E-state index in [-0.39, 0.29) is 24.8 Å². The average Bonchev–Trinajstić information content (AvgIpc) is 3.32. The minimum atomic E-state index is -0.396. The Labute approximate surface area is 216 Å². The van der Waals surface area contributed by atoms with Crippen LogP contribution >= 0.6 is 0 Å². The molecule has 0 aliphatic carbocycles. The number of esters is 1. The summed E-state index contributed by atoms with van der Waals surface area (Å²) in [6.45, 7) is 11.1. The summed E-state index contributed by atoms with van der Waals surface area (Å²) in [5, 5.41) is 13.2. The molecular formula is C28H34N6O3. The highest BCUT2D eigenvalue weighted by atomic mass is 16.5. The van der Waals surface area contributed by atoms with Crippen LogP contribution in [0.1, 0.15) is 60.0 Å². The standard InChI is InChI=1S/C28H34N6O3/c1-6-24(27-30-31-32-34(27)17-25(35)37-7-2)33(15-21-11-8-18(3)9-12-21)16-23-14-22-13-10-19(4)20(5)26(22)29-28(23)36/h8-14,24H,6-7,15-17H2,1-5H3,(H,29,36)/t24-/m0/s1. The van der Waals surface area contributed by atoms with E-state index in [1.165, 1.54) is 10.2 Å². The number of H-pyrrole nitrogens is 1. The number of ether oxygens (including phenoxy) is 1. The number of fused-ring (bicyclic) bond motifs is 1. The number of aryl methyl sites for hydroxylation is 3. The molecule has 9 nitrogen and oxygen atoms in total. The van der Waals surface area contributed by atoms with Crippen molar-refractivity contribution in [2.24, 2.45) is 0 Å². The Kier molecular flexibility index (Phi) is 8.13. The molecule has 2 heterocycles. The fraction of sp³-hybridized carbons (Fsp3) is 0.393. The highest BCUT2D eigenvalue weighted by Gasteiger charge is 2.27. The molecule has 37 heavy (non-hydrogen) atoms. The topological polar surface area (TPSA) is 106 Å². The van der Waals surface area contributed by atoms with E-state index >= 15 is 0 Å². The van der Waals surface area contributed by atoms with Gasteiger partial charge in [-0.3, -0.25) is 14.5 Å². The number of aromatic nitrogens is 5. The van der Waals surface area contributed by atoms with Crippen LogP contribution in [-0.4, -0.2) is 42.7 Å². The lowest BCUT2D eigenvalue weighted by atomic mass is 10.0. The lowest BCUT2D eigenvalue weighted by Crippen LogP contribution is -2.33. The van der Waals surface area contributed by atoms with Crippen LogP contribution in [-0.2, 0) is 29.2 Å². The second-order valence-corrected chi connectivity index (χ2v) is 9.41. The molecule has 0 aliphatic rings. The molecule has 0 fully saturated rings. The van der Waals surface area contributed by atoms with Crippen molar-refractivity contribution in [2.45, 2.75) is 66.7 Å². The summed E-state index contributed by atoms with van der Waals surface area (Å²) in [7, 11) is 0. The first-order chi connectivity index (χ1) is 17.8. The fourth-order valence-corrected chi connectivity index (χ4v) is 4.61. The summed E-state index contributed by atoms with van der Waals surface area (Å²) < 4.78 is 6.60. The second kappa shape index (κ2) is 11.5. The molecule has 4 rings (SSSR count). The Balaban J connectivity index is 1.73. The maximum atomic E-state index is 13.2. The van der Waals surface area contributed by atoms with Gasteiger partial charge in [0.2, 0.25) is 0 Å². The Morgan fingerprint density at radius 1 is 1.08 bits per heavy atom. The summed E-state index contributed by atoms with van der Waals surface area (Å²) in [5.41, 5.74) is 5.90. The molecule has 2 aromatic heterocycles. The number of hydrogen-bond donors (Lipinski definition) is 1. The van der Waals surface area contributed by atoms with Crippen molar-refractivity contribution < 1.29 is 9.53 Å². The molecule has 0 spiro atoms. The third-order valence-electron chi connectivity index (χ3n) is 6.78. The van der Waals surface area contributed by atoms with Gasteiger partial charge >= 0.3 is 5.97 Å². The van der Waals surface area contributed by atoms with Gasteiger partial charge in [0.15, 0.2) is 5.82 Å². The van der Waals surface area contributed by atoms with E-state index < -0.39 is 5.97 Å². The molecule has 0 saturated carbocycles. The van der Waals surface area contributed by atoms with Crippen LogP contribution in [0.2, 0.25) is 0 Å². The zero-order chi connectivity index (χ0) is 26.5. The van der Waals surface area contributed by atoms with Crippen LogP contribution in [0.15, 0.2) is 47.3 Å². The van der Waals surface area contributed by atoms with Gasteiger partial charge in [0.1, 0.15) is 6.54 Å². The number of nitrogens with one attached hydrogen (secondary N) is 1. The van der Waals surface area contributed by atoms with E-state index in [2.05, 4.69) is 62.7 Å². The fourth-order valence-electron chi connectivity index (χ4n) is 4.61. The first kappa shape index (κ1) is 26.2. The number of tetrazole rings is 1. The summed E-state index contributed by atoms with van der Waals surface area (Å²) in [5.74, 6) is 0.166. The summed E-state index contributed by atoms with van der Waals surface area (Å²) >= 11 is 0. The van der Waals surface area contributed by atoms with Crippen LogP contribution < -0.4 is 5.56 Å². The minimum absolute atomic E-state index is 0.0692. The normalized spacial score (nSPS) is 12.3. The van der Waals surface area contributed by atoms with E-state index in [9.17, 15) is 9.59 Å². The monoisotopic (exact) mass is 502 g/mol. The van der Waals surface area contributed by atoms with Gasteiger partial charge in [0.05, 0.1) is 18.2 Å². The predicted octanol–water partition coefficient (Wildman–Crippen LogP) is 4.16. The third kappa shape index (κ3) is 5.94. The van der Waals surface area contributed by atoms with E-state index in [0.717, 1.165) is 27.6 Å². The van der Waals surface area contributed by atoms with Crippen LogP contribution in [0, 0.1) is 20.8 Å². The van der Waals surface area contributed by atoms with Crippen molar-refractivity contribution in [3.05, 3.63) is 86.5 Å². The van der Waals surface area contributed by atoms with Crippen molar-refractivity contribution in [1.29, 1.82) is 0 Å². The van der Waals surface area contributed by atoms with E-state index in [1.807, 2.05) is 32.9 Å². The van der Waals surface area contributed by atoms with Gasteiger partial charge in [-0.05, 0) is 72.7 Å². The van der Waals surface area contributed by atoms with E-state index in [0.29, 0.717) is 30.9 Å². The molecule has 0 unspecified atom stereocenters. The average molecular weight is 503 g/mol. The number of nitrogens with zero attached hydrogens (tertiary/aromatic N) is 5. The third-order valence-corrected chi connectivity index (χ3v) is 6.78. The Morgan fingerprint density at radius 3 is 2.54 bits per heavy atom. The zero-order valence-electron chi connectivity index (χ0n) is 22.1. The van der Waals surface area contributed by atoms with Gasteiger partial charge in [-0.1, -0.05) is 48.9 Å². The van der Waals surface area contributed by atoms with E-state index in [4.69, 9.17) is 4.74 Å². The number of pyridine rings is 1. The molecule has 0 aliphatic heterocycles. The zero-order valence-corrected chi connectivity index (χ0v) is 22.1. The molecule has 0 radical (unpaired) electrons. The SMILES string of the molecule is CCOC(=O)Cn1nnnc1[C@H](CC)N(Cc1ccc(C)cc1)Cc1cc2ccc(C)c(C)c2[nH]c1=O. The highest BCUT2D eigenvalue weighted by Crippen LogP contribution is 2.27. The maximum absolute atomic E-state index is 13.2. The Bertz CT molecular complexity index is 1440. The highest BCUT2D eigenvalue weighted by molar-refractivity contribution is 5.83. The molecule has 9 heteroatoms. The molecule has 1 N–H and O–H groups in total. The Morgan fingerprint density at radius 2 is 1.84 bits per heavy atom. The number of carbonyl (C=O) groups is 1. The van der Waals surface area contributed by atoms with Crippen molar-refractivity contribution >= 4 is 16.9 Å². The van der Waals surface area contributed by atoms with Gasteiger partial charge < -0.3 is 9.72 Å². The Hall–Kier alpha value is -3.85. The van der Waals surface area contributed by atoms with Crippen molar-refractivity contribution in [2.75, 3.05) is 6.61 Å². The number of rotatable bonds is 10. The van der Waals surface area contributed by atoms with Crippen LogP contribution in [0.3, 0.4) is 0 Å². The van der Waals surface area contributed by atoms with Crippen molar-refractivity contribution in [1.82, 2.24) is 30.1 Å². The number of benzene rings is 2.